The summed E-state index contributed by atoms with van der Waals surface area (Å²) in [5.74, 6) is 0.509. The number of ether oxygens (including phenoxy) is 4. The number of nitrogens with one attached hydrogen (secondary N) is 2. The number of fused-ring (bicyclic) bond motifs is 4. The largest absolute Gasteiger partial charge is 0.462 e. The van der Waals surface area contributed by atoms with Crippen molar-refractivity contribution in [1.82, 2.24) is 20.6 Å². The van der Waals surface area contributed by atoms with Gasteiger partial charge in [0.15, 0.2) is 0 Å². The number of carbonyl (C=O) groups is 5. The number of benzene rings is 2. The van der Waals surface area contributed by atoms with E-state index in [2.05, 4.69) is 26.7 Å². The quantitative estimate of drug-likeness (QED) is 0.0491. The molecule has 6 aliphatic rings. The molecular weight excluding hydrogens is 1060 g/mol. The Morgan fingerprint density at radius 2 is 1.14 bits per heavy atom. The van der Waals surface area contributed by atoms with Gasteiger partial charge in [0, 0.05) is 53.4 Å². The fraction of sp³-hybridized carbons (Fsp3) is 0.532. The van der Waals surface area contributed by atoms with E-state index in [1.54, 1.807) is 58.3 Å². The lowest BCUT2D eigenvalue weighted by molar-refractivity contribution is -0.145. The van der Waals surface area contributed by atoms with Gasteiger partial charge in [0.2, 0.25) is 0 Å². The molecule has 2 aromatic carbocycles. The Bertz CT molecular complexity index is 2870. The first-order valence-electron chi connectivity index (χ1n) is 28.8. The fourth-order valence-electron chi connectivity index (χ4n) is 13.7. The number of esters is 2. The molecule has 14 atom stereocenters. The normalized spacial score (nSPS) is 29.1. The zero-order valence-corrected chi connectivity index (χ0v) is 48.0. The summed E-state index contributed by atoms with van der Waals surface area (Å²) in [5.41, 5.74) is 4.64. The molecule has 2 aliphatic heterocycles. The third-order valence-corrected chi connectivity index (χ3v) is 19.1. The molecule has 0 radical (unpaired) electrons. The third kappa shape index (κ3) is 15.2. The molecule has 6 fully saturated rings. The van der Waals surface area contributed by atoms with Crippen molar-refractivity contribution < 1.29 is 65.3 Å². The van der Waals surface area contributed by atoms with Gasteiger partial charge >= 0.3 is 31.7 Å². The van der Waals surface area contributed by atoms with Crippen LogP contribution in [0.2, 0.25) is 0 Å². The van der Waals surface area contributed by atoms with Crippen molar-refractivity contribution in [1.29, 1.82) is 0 Å². The van der Waals surface area contributed by atoms with Crippen LogP contribution in [0.15, 0.2) is 91.3 Å². The van der Waals surface area contributed by atoms with E-state index in [0.29, 0.717) is 49.9 Å². The predicted octanol–water partition coefficient (Wildman–Crippen LogP) is 12.2. The van der Waals surface area contributed by atoms with Gasteiger partial charge in [-0.15, -0.1) is 0 Å². The van der Waals surface area contributed by atoms with E-state index in [-0.39, 0.29) is 108 Å². The molecule has 2 aromatic heterocycles. The number of amides is 2. The Kier molecular flexibility index (Phi) is 21.1. The summed E-state index contributed by atoms with van der Waals surface area (Å²) in [7, 11) is -3.16. The van der Waals surface area contributed by atoms with Gasteiger partial charge in [0.1, 0.15) is 30.1 Å². The second kappa shape index (κ2) is 28.1. The summed E-state index contributed by atoms with van der Waals surface area (Å²) in [6.07, 6.45) is 14.6. The number of cyclic esters (lactones) is 2. The minimum atomic E-state index is -3.16. The van der Waals surface area contributed by atoms with Crippen molar-refractivity contribution in [2.45, 2.75) is 123 Å². The Balaban J connectivity index is 0.000000167. The molecule has 4 saturated carbocycles. The van der Waals surface area contributed by atoms with Crippen LogP contribution in [0.5, 0.6) is 0 Å². The van der Waals surface area contributed by atoms with Gasteiger partial charge in [-0.25, -0.2) is 18.4 Å². The molecular formula is C62H77F2N4O12P. The molecule has 0 bridgehead atoms. The number of rotatable bonds is 15. The van der Waals surface area contributed by atoms with E-state index in [1.807, 2.05) is 50.3 Å². The average molecular weight is 1140 g/mol. The number of alkyl carbamates (subject to hydrolysis) is 2. The molecule has 16 nitrogen and oxygen atoms in total. The van der Waals surface area contributed by atoms with Crippen LogP contribution < -0.4 is 10.6 Å². The maximum absolute atomic E-state index is 13.6. The molecule has 0 spiro atoms. The van der Waals surface area contributed by atoms with E-state index >= 15 is 0 Å². The predicted molar refractivity (Wildman–Crippen MR) is 300 cm³/mol. The van der Waals surface area contributed by atoms with Gasteiger partial charge in [-0.05, 0) is 176 Å². The van der Waals surface area contributed by atoms with Gasteiger partial charge < -0.3 is 43.4 Å². The molecule has 81 heavy (non-hydrogen) atoms. The molecule has 0 unspecified atom stereocenters. The number of hydrogen-bond acceptors (Lipinski definition) is 14. The maximum Gasteiger partial charge on any atom is 0.407 e. The number of pyridine rings is 2. The van der Waals surface area contributed by atoms with E-state index in [4.69, 9.17) is 28.0 Å². The Hall–Kier alpha value is -6.36. The molecule has 2 N–H and O–H groups in total. The zero-order valence-electron chi connectivity index (χ0n) is 47.1. The first kappa shape index (κ1) is 60.7. The van der Waals surface area contributed by atoms with Gasteiger partial charge in [-0.2, -0.15) is 0 Å². The van der Waals surface area contributed by atoms with Crippen molar-refractivity contribution >= 4 is 44.1 Å². The summed E-state index contributed by atoms with van der Waals surface area (Å²) >= 11 is 0. The van der Waals surface area contributed by atoms with E-state index < -0.39 is 7.60 Å². The lowest BCUT2D eigenvalue weighted by Crippen LogP contribution is -2.49. The highest BCUT2D eigenvalue weighted by atomic mass is 31.2. The van der Waals surface area contributed by atoms with Crippen molar-refractivity contribution in [3.05, 3.63) is 114 Å². The van der Waals surface area contributed by atoms with Crippen LogP contribution in [0, 0.1) is 70.8 Å². The fourth-order valence-corrected chi connectivity index (χ4v) is 15.4. The number of allylic oxidation sites excluding steroid dienone is 1. The van der Waals surface area contributed by atoms with Crippen LogP contribution in [0.1, 0.15) is 104 Å². The number of carbonyl (C=O) groups excluding carboxylic acids is 5. The van der Waals surface area contributed by atoms with Gasteiger partial charge in [-0.3, -0.25) is 24.1 Å². The van der Waals surface area contributed by atoms with Crippen LogP contribution in [-0.2, 0) is 53.1 Å². The molecule has 19 heteroatoms. The van der Waals surface area contributed by atoms with Crippen molar-refractivity contribution in [2.24, 2.45) is 59.2 Å². The minimum Gasteiger partial charge on any atom is -0.462 e. The number of aromatic nitrogens is 2. The van der Waals surface area contributed by atoms with Gasteiger partial charge in [0.25, 0.3) is 0 Å². The van der Waals surface area contributed by atoms with Crippen LogP contribution in [0.25, 0.3) is 28.3 Å². The lowest BCUT2D eigenvalue weighted by Gasteiger charge is -2.47. The average Bonchev–Trinajstić information content (AvgIpc) is 4.16. The molecule has 4 aromatic rings. The first-order valence-corrected chi connectivity index (χ1v) is 30.5. The highest BCUT2D eigenvalue weighted by Gasteiger charge is 2.56. The SMILES string of the molecule is CCOC(=O)N[C@@H]1CC[C@@H]2[C@@H](C1)C[C@H]1C(=O)O[C@H](C)[C@H]1[C@H]2/C=C/c1ccc(-c2cccc(F)c2)cn1.CCOC(=O)N[C@@H]1CC[C@@H]2[C@@H](C1)C[C@H]1C(=O)O[C@H](C)[C@H]1[C@H]2C=O.CCOP(=O)(Cc1ccc(-c2cccc(F)c2)cn1)OCC. The van der Waals surface area contributed by atoms with Gasteiger partial charge in [-0.1, -0.05) is 42.5 Å². The first-order chi connectivity index (χ1) is 39.0. The zero-order chi connectivity index (χ0) is 57.8. The monoisotopic (exact) mass is 1140 g/mol. The molecule has 10 rings (SSSR count). The van der Waals surface area contributed by atoms with E-state index in [0.717, 1.165) is 85.6 Å². The highest BCUT2D eigenvalue weighted by Crippen LogP contribution is 2.55. The van der Waals surface area contributed by atoms with Crippen LogP contribution in [-0.4, -0.2) is 91.1 Å². The number of halogens is 2. The topological polar surface area (TPSA) is 208 Å². The highest BCUT2D eigenvalue weighted by molar-refractivity contribution is 7.53. The molecule has 436 valence electrons. The standard InChI is InChI=1S/C29H33FN2O4.C17H25NO5.C16H19FNO3P/c1-3-35-29(34)32-23-10-11-24-20(14-23)15-26-27(17(2)36-28(26)33)25(24)12-9-22-8-7-19(16-31-22)18-5-4-6-21(30)13-18;1-3-22-17(21)18-11-4-5-12-10(6-11)7-13-15(14(12)8-19)9(2)23-16(13)20;1-3-20-22(19,21-4-2)12-16-9-8-14(11-18-16)13-6-5-7-15(17)10-13/h4-9,12-13,16-17,20,23-27H,3,10-11,14-15H2,1-2H3,(H,32,34);8-15H,3-7H2,1-2H3,(H,18,21);5-11H,3-4,12H2,1-2H3/b12-9+;;/t17-,20+,23-,24-,25+,26-,27+;9-,10+,11-,12-,13-,14+,15-;/m11./s1. The molecule has 2 amide bonds. The minimum absolute atomic E-state index is 0.0239. The van der Waals surface area contributed by atoms with Crippen LogP contribution >= 0.6 is 7.60 Å². The smallest absolute Gasteiger partial charge is 0.407 e. The van der Waals surface area contributed by atoms with E-state index in [1.165, 1.54) is 24.3 Å². The summed E-state index contributed by atoms with van der Waals surface area (Å²) in [4.78, 5) is 68.9. The molecule has 4 heterocycles. The number of hydrogen-bond donors (Lipinski definition) is 2. The Morgan fingerprint density at radius 1 is 0.642 bits per heavy atom. The number of nitrogens with zero attached hydrogens (tertiary/aromatic N) is 2. The molecule has 2 saturated heterocycles. The Morgan fingerprint density at radius 3 is 1.58 bits per heavy atom. The maximum atomic E-state index is 13.6. The Labute approximate surface area is 473 Å². The molecule has 4 aliphatic carbocycles. The van der Waals surface area contributed by atoms with Crippen molar-refractivity contribution in [2.75, 3.05) is 26.4 Å². The summed E-state index contributed by atoms with van der Waals surface area (Å²) in [6.45, 7) is 12.4. The summed E-state index contributed by atoms with van der Waals surface area (Å²) in [6, 6.07) is 20.4. The second-order valence-corrected chi connectivity index (χ2v) is 24.1. The summed E-state index contributed by atoms with van der Waals surface area (Å²) in [5, 5.41) is 5.90. The number of aldehydes is 1. The van der Waals surface area contributed by atoms with Crippen LogP contribution in [0.3, 0.4) is 0 Å². The van der Waals surface area contributed by atoms with Crippen LogP contribution in [0.4, 0.5) is 18.4 Å². The lowest BCUT2D eigenvalue weighted by atomic mass is 9.57. The third-order valence-electron chi connectivity index (χ3n) is 17.1. The van der Waals surface area contributed by atoms with E-state index in [9.17, 15) is 37.3 Å². The van der Waals surface area contributed by atoms with Crippen molar-refractivity contribution in [3.8, 4) is 22.3 Å². The summed E-state index contributed by atoms with van der Waals surface area (Å²) < 4.78 is 70.8. The van der Waals surface area contributed by atoms with Gasteiger partial charge in [0.05, 0.1) is 55.8 Å². The van der Waals surface area contributed by atoms with Crippen molar-refractivity contribution in [3.63, 3.8) is 0 Å². The second-order valence-electron chi connectivity index (χ2n) is 22.0.